The molecule has 0 radical (unpaired) electrons. The summed E-state index contributed by atoms with van der Waals surface area (Å²) in [6, 6.07) is 1.08. The van der Waals surface area contributed by atoms with Crippen LogP contribution in [-0.4, -0.2) is 46.4 Å². The predicted octanol–water partition coefficient (Wildman–Crippen LogP) is 3.73. The molecule has 1 N–H and O–H groups in total. The van der Waals surface area contributed by atoms with Crippen molar-refractivity contribution in [1.29, 1.82) is 0 Å². The lowest BCUT2D eigenvalue weighted by atomic mass is 10.00. The van der Waals surface area contributed by atoms with Gasteiger partial charge in [0.1, 0.15) is 10.4 Å². The predicted molar refractivity (Wildman–Crippen MR) is 122 cm³/mol. The van der Waals surface area contributed by atoms with E-state index < -0.39 is 17.2 Å². The number of likely N-dealkylation sites (tertiary alicyclic amines) is 1. The molecule has 2 aliphatic rings. The van der Waals surface area contributed by atoms with Crippen molar-refractivity contribution in [3.8, 4) is 0 Å². The molecule has 0 aromatic carbocycles. The maximum atomic E-state index is 14.2. The Bertz CT molecular complexity index is 1290. The molecule has 5 rings (SSSR count). The molecule has 1 amide bonds. The van der Waals surface area contributed by atoms with Gasteiger partial charge in [0, 0.05) is 18.0 Å². The van der Waals surface area contributed by atoms with Gasteiger partial charge >= 0.3 is 0 Å². The van der Waals surface area contributed by atoms with Gasteiger partial charge in [-0.15, -0.1) is 11.3 Å². The molecule has 0 saturated carbocycles. The lowest BCUT2D eigenvalue weighted by Crippen LogP contribution is -2.35. The summed E-state index contributed by atoms with van der Waals surface area (Å²) in [6.45, 7) is 5.38. The molecule has 1 atom stereocenters. The highest BCUT2D eigenvalue weighted by molar-refractivity contribution is 7.18. The van der Waals surface area contributed by atoms with Crippen molar-refractivity contribution in [2.24, 2.45) is 5.92 Å². The van der Waals surface area contributed by atoms with Crippen molar-refractivity contribution < 1.29 is 9.18 Å². The highest BCUT2D eigenvalue weighted by Gasteiger charge is 2.26. The third-order valence-corrected chi connectivity index (χ3v) is 7.46. The van der Waals surface area contributed by atoms with E-state index in [1.807, 2.05) is 6.08 Å². The van der Waals surface area contributed by atoms with Crippen molar-refractivity contribution >= 4 is 50.8 Å². The monoisotopic (exact) mass is 460 g/mol. The molecule has 0 bridgehead atoms. The topological polar surface area (TPSA) is 66.7 Å². The van der Waals surface area contributed by atoms with Gasteiger partial charge < -0.3 is 10.2 Å². The molecule has 6 nitrogen and oxygen atoms in total. The summed E-state index contributed by atoms with van der Waals surface area (Å²) < 4.78 is 16.0. The van der Waals surface area contributed by atoms with Gasteiger partial charge in [0.2, 0.25) is 5.43 Å². The summed E-state index contributed by atoms with van der Waals surface area (Å²) in [7, 11) is 0. The van der Waals surface area contributed by atoms with Crippen LogP contribution in [0.25, 0.3) is 21.9 Å². The first-order valence-corrected chi connectivity index (χ1v) is 11.7. The Labute approximate surface area is 187 Å². The Balaban J connectivity index is 1.65. The molecule has 9 heteroatoms. The van der Waals surface area contributed by atoms with Crippen molar-refractivity contribution in [3.05, 3.63) is 49.5 Å². The quantitative estimate of drug-likeness (QED) is 0.602. The number of carbonyl (C=O) groups excluding carboxylic acids is 1. The maximum absolute atomic E-state index is 14.2. The minimum Gasteiger partial charge on any atom is -0.351 e. The molecule has 1 aliphatic heterocycles. The Hall–Kier alpha value is -2.29. The number of pyridine rings is 2. The number of halogens is 2. The average Bonchev–Trinajstić information content (AvgIpc) is 3.37. The standard InChI is InChI=1S/C22H22ClFN4O2S/c1-12-4-5-15-16(10-12)31-22-17(21(30)25-6-9-27-7-2-3-8-27)18(29)13-11-14(24)19(23)26-20(13)28(15)22/h4-5,11-12H,2-3,6-10H2,1H3,(H,25,30). The third kappa shape index (κ3) is 3.56. The van der Waals surface area contributed by atoms with Crippen LogP contribution in [0.15, 0.2) is 16.9 Å². The van der Waals surface area contributed by atoms with E-state index in [-0.39, 0.29) is 21.7 Å². The Kier molecular flexibility index (Phi) is 5.32. The highest BCUT2D eigenvalue weighted by Crippen LogP contribution is 2.34. The van der Waals surface area contributed by atoms with Crippen molar-refractivity contribution in [1.82, 2.24) is 19.6 Å². The van der Waals surface area contributed by atoms with Crippen molar-refractivity contribution in [2.75, 3.05) is 26.2 Å². The van der Waals surface area contributed by atoms with E-state index in [9.17, 15) is 14.0 Å². The Morgan fingerprint density at radius 1 is 1.39 bits per heavy atom. The van der Waals surface area contributed by atoms with E-state index in [1.54, 1.807) is 4.40 Å². The Morgan fingerprint density at radius 3 is 2.94 bits per heavy atom. The van der Waals surface area contributed by atoms with Crippen molar-refractivity contribution in [2.45, 2.75) is 26.2 Å². The van der Waals surface area contributed by atoms with E-state index in [4.69, 9.17) is 11.6 Å². The normalized spacial score (nSPS) is 18.7. The fourth-order valence-corrected chi connectivity index (χ4v) is 5.94. The van der Waals surface area contributed by atoms with Crippen LogP contribution in [-0.2, 0) is 6.42 Å². The SMILES string of the molecule is CC1C=Cc2c(sc3c(C(=O)NCCN4CCCC4)c(=O)c4cc(F)c(Cl)nc4n23)C1. The van der Waals surface area contributed by atoms with Gasteiger partial charge in [0.15, 0.2) is 16.6 Å². The van der Waals surface area contributed by atoms with Crippen LogP contribution in [0.1, 0.15) is 40.7 Å². The van der Waals surface area contributed by atoms with E-state index in [0.29, 0.717) is 17.3 Å². The number of hydrogen-bond acceptors (Lipinski definition) is 5. The van der Waals surface area contributed by atoms with Gasteiger partial charge in [0.05, 0.1) is 11.1 Å². The molecular weight excluding hydrogens is 439 g/mol. The zero-order chi connectivity index (χ0) is 21.7. The second-order valence-electron chi connectivity index (χ2n) is 8.23. The molecule has 1 fully saturated rings. The number of amides is 1. The largest absolute Gasteiger partial charge is 0.351 e. The first kappa shape index (κ1) is 20.6. The van der Waals surface area contributed by atoms with Crippen LogP contribution in [0.3, 0.4) is 0 Å². The molecule has 162 valence electrons. The van der Waals surface area contributed by atoms with Gasteiger partial charge in [-0.05, 0) is 50.4 Å². The van der Waals surface area contributed by atoms with Crippen LogP contribution in [0, 0.1) is 11.7 Å². The van der Waals surface area contributed by atoms with Crippen LogP contribution >= 0.6 is 22.9 Å². The lowest BCUT2D eigenvalue weighted by molar-refractivity contribution is 0.0950. The maximum Gasteiger partial charge on any atom is 0.258 e. The molecule has 0 spiro atoms. The molecule has 31 heavy (non-hydrogen) atoms. The molecule has 4 heterocycles. The van der Waals surface area contributed by atoms with Crippen LogP contribution in [0.5, 0.6) is 0 Å². The second-order valence-corrected chi connectivity index (χ2v) is 9.67. The van der Waals surface area contributed by atoms with E-state index in [1.165, 1.54) is 24.2 Å². The number of fused-ring (bicyclic) bond motifs is 5. The number of carbonyl (C=O) groups is 1. The first-order chi connectivity index (χ1) is 14.9. The fraction of sp³-hybridized carbons (Fsp3) is 0.409. The molecule has 1 saturated heterocycles. The number of thiazole rings is 1. The number of nitrogens with zero attached hydrogens (tertiary/aromatic N) is 3. The zero-order valence-electron chi connectivity index (χ0n) is 17.1. The van der Waals surface area contributed by atoms with Crippen molar-refractivity contribution in [3.63, 3.8) is 0 Å². The van der Waals surface area contributed by atoms with Gasteiger partial charge in [-0.25, -0.2) is 9.37 Å². The first-order valence-electron chi connectivity index (χ1n) is 10.5. The number of allylic oxidation sites excluding steroid dienone is 1. The summed E-state index contributed by atoms with van der Waals surface area (Å²) in [5, 5.41) is 2.65. The molecule has 3 aromatic heterocycles. The minimum absolute atomic E-state index is 0.0397. The highest BCUT2D eigenvalue weighted by atomic mass is 35.5. The van der Waals surface area contributed by atoms with E-state index in [0.717, 1.165) is 42.7 Å². The lowest BCUT2D eigenvalue weighted by Gasteiger charge is -2.15. The number of nitrogens with one attached hydrogen (secondary N) is 1. The molecule has 1 aliphatic carbocycles. The minimum atomic E-state index is -0.778. The molecule has 3 aromatic rings. The average molecular weight is 461 g/mol. The molecule has 1 unspecified atom stereocenters. The van der Waals surface area contributed by atoms with Crippen LogP contribution in [0.2, 0.25) is 5.15 Å². The van der Waals surface area contributed by atoms with Gasteiger partial charge in [-0.1, -0.05) is 24.6 Å². The van der Waals surface area contributed by atoms with E-state index in [2.05, 4.69) is 28.2 Å². The van der Waals surface area contributed by atoms with Gasteiger partial charge in [-0.2, -0.15) is 0 Å². The van der Waals surface area contributed by atoms with Crippen LogP contribution in [0.4, 0.5) is 4.39 Å². The number of rotatable bonds is 4. The summed E-state index contributed by atoms with van der Waals surface area (Å²) >= 11 is 7.37. The number of hydrogen-bond donors (Lipinski definition) is 1. The number of aromatic nitrogens is 2. The summed E-state index contributed by atoms with van der Waals surface area (Å²) in [5.74, 6) is -0.861. The fourth-order valence-electron chi connectivity index (χ4n) is 4.40. The summed E-state index contributed by atoms with van der Waals surface area (Å²) in [4.78, 5) is 34.5. The summed E-state index contributed by atoms with van der Waals surface area (Å²) in [6.07, 6.45) is 7.21. The van der Waals surface area contributed by atoms with Gasteiger partial charge in [0.25, 0.3) is 5.91 Å². The zero-order valence-corrected chi connectivity index (χ0v) is 18.7. The Morgan fingerprint density at radius 2 is 2.16 bits per heavy atom. The smallest absolute Gasteiger partial charge is 0.258 e. The summed E-state index contributed by atoms with van der Waals surface area (Å²) in [5.41, 5.74) is 0.659. The van der Waals surface area contributed by atoms with Crippen LogP contribution < -0.4 is 10.7 Å². The third-order valence-electron chi connectivity index (χ3n) is 5.99. The second kappa shape index (κ2) is 8.00. The van der Waals surface area contributed by atoms with Gasteiger partial charge in [-0.3, -0.25) is 14.0 Å². The molecular formula is C22H22ClFN4O2S. The van der Waals surface area contributed by atoms with E-state index >= 15 is 0 Å².